The molecular formula is C17H23N5O3. The minimum atomic E-state index is -0.258. The van der Waals surface area contributed by atoms with Crippen LogP contribution in [0.5, 0.6) is 11.5 Å². The number of anilines is 1. The molecule has 0 aliphatic rings. The van der Waals surface area contributed by atoms with Crippen molar-refractivity contribution < 1.29 is 14.3 Å². The SMILES string of the molecule is COc1ccc([C@@H](C)NC(=O)NCCNc2cnccn2)c(OC)c1. The molecule has 134 valence electrons. The molecule has 25 heavy (non-hydrogen) atoms. The van der Waals surface area contributed by atoms with Crippen molar-refractivity contribution in [1.82, 2.24) is 20.6 Å². The summed E-state index contributed by atoms with van der Waals surface area (Å²) in [5.74, 6) is 2.03. The third-order valence-electron chi connectivity index (χ3n) is 3.53. The van der Waals surface area contributed by atoms with Crippen LogP contribution in [-0.4, -0.2) is 43.3 Å². The zero-order valence-corrected chi connectivity index (χ0v) is 14.6. The second-order valence-corrected chi connectivity index (χ2v) is 5.25. The van der Waals surface area contributed by atoms with Crippen LogP contribution in [0.25, 0.3) is 0 Å². The Bertz CT molecular complexity index is 681. The van der Waals surface area contributed by atoms with Gasteiger partial charge in [-0.1, -0.05) is 0 Å². The number of amides is 2. The van der Waals surface area contributed by atoms with Crippen LogP contribution in [0.3, 0.4) is 0 Å². The lowest BCUT2D eigenvalue weighted by atomic mass is 10.1. The van der Waals surface area contributed by atoms with E-state index in [0.717, 1.165) is 5.56 Å². The third kappa shape index (κ3) is 5.52. The number of ether oxygens (including phenoxy) is 2. The zero-order valence-electron chi connectivity index (χ0n) is 14.6. The maximum absolute atomic E-state index is 12.0. The molecule has 8 nitrogen and oxygen atoms in total. The molecule has 0 fully saturated rings. The number of urea groups is 1. The first-order valence-corrected chi connectivity index (χ1v) is 7.90. The van der Waals surface area contributed by atoms with Gasteiger partial charge in [0.25, 0.3) is 0 Å². The molecule has 0 radical (unpaired) electrons. The van der Waals surface area contributed by atoms with Gasteiger partial charge < -0.3 is 25.4 Å². The Morgan fingerprint density at radius 2 is 2.04 bits per heavy atom. The standard InChI is InChI=1S/C17H23N5O3/c1-12(14-5-4-13(24-2)10-15(14)25-3)22-17(23)21-9-8-20-16-11-18-6-7-19-16/h4-7,10-12H,8-9H2,1-3H3,(H,19,20)(H2,21,22,23)/t12-/m1/s1. The fourth-order valence-corrected chi connectivity index (χ4v) is 2.26. The Morgan fingerprint density at radius 1 is 1.20 bits per heavy atom. The van der Waals surface area contributed by atoms with Crippen LogP contribution in [-0.2, 0) is 0 Å². The Morgan fingerprint density at radius 3 is 2.72 bits per heavy atom. The molecule has 0 unspecified atom stereocenters. The number of nitrogens with one attached hydrogen (secondary N) is 3. The first-order chi connectivity index (χ1) is 12.1. The summed E-state index contributed by atoms with van der Waals surface area (Å²) in [5.41, 5.74) is 0.871. The van der Waals surface area contributed by atoms with Gasteiger partial charge in [0.05, 0.1) is 26.5 Å². The molecule has 2 amide bonds. The molecule has 1 heterocycles. The van der Waals surface area contributed by atoms with E-state index in [4.69, 9.17) is 9.47 Å². The summed E-state index contributed by atoms with van der Waals surface area (Å²) >= 11 is 0. The van der Waals surface area contributed by atoms with Crippen LogP contribution in [0.4, 0.5) is 10.6 Å². The van der Waals surface area contributed by atoms with E-state index < -0.39 is 0 Å². The van der Waals surface area contributed by atoms with E-state index in [1.165, 1.54) is 0 Å². The van der Waals surface area contributed by atoms with Gasteiger partial charge in [0.1, 0.15) is 17.3 Å². The highest BCUT2D eigenvalue weighted by Gasteiger charge is 2.14. The summed E-state index contributed by atoms with van der Waals surface area (Å²) in [6, 6.07) is 5.02. The summed E-state index contributed by atoms with van der Waals surface area (Å²) in [6.45, 7) is 2.89. The molecule has 1 atom stereocenters. The molecular weight excluding hydrogens is 322 g/mol. The third-order valence-corrected chi connectivity index (χ3v) is 3.53. The molecule has 0 saturated heterocycles. The summed E-state index contributed by atoms with van der Waals surface area (Å²) in [7, 11) is 3.18. The monoisotopic (exact) mass is 345 g/mol. The summed E-state index contributed by atoms with van der Waals surface area (Å²) in [4.78, 5) is 20.1. The number of carbonyl (C=O) groups is 1. The molecule has 2 rings (SSSR count). The second-order valence-electron chi connectivity index (χ2n) is 5.25. The maximum Gasteiger partial charge on any atom is 0.315 e. The summed E-state index contributed by atoms with van der Waals surface area (Å²) < 4.78 is 10.5. The van der Waals surface area contributed by atoms with Gasteiger partial charge in [-0.3, -0.25) is 4.98 Å². The van der Waals surface area contributed by atoms with Crippen molar-refractivity contribution in [2.45, 2.75) is 13.0 Å². The lowest BCUT2D eigenvalue weighted by molar-refractivity contribution is 0.238. The lowest BCUT2D eigenvalue weighted by Crippen LogP contribution is -2.39. The van der Waals surface area contributed by atoms with Crippen molar-refractivity contribution in [2.75, 3.05) is 32.6 Å². The van der Waals surface area contributed by atoms with Crippen molar-refractivity contribution in [3.05, 3.63) is 42.4 Å². The number of rotatable bonds is 8. The normalized spacial score (nSPS) is 11.3. The highest BCUT2D eigenvalue weighted by atomic mass is 16.5. The average molecular weight is 345 g/mol. The van der Waals surface area contributed by atoms with E-state index >= 15 is 0 Å². The van der Waals surface area contributed by atoms with Crippen LogP contribution in [0, 0.1) is 0 Å². The van der Waals surface area contributed by atoms with Crippen LogP contribution in [0.15, 0.2) is 36.8 Å². The van der Waals surface area contributed by atoms with E-state index in [1.54, 1.807) is 38.9 Å². The van der Waals surface area contributed by atoms with Gasteiger partial charge in [0.15, 0.2) is 0 Å². The molecule has 2 aromatic rings. The number of benzene rings is 1. The van der Waals surface area contributed by atoms with Gasteiger partial charge >= 0.3 is 6.03 Å². The fraction of sp³-hybridized carbons (Fsp3) is 0.353. The Balaban J connectivity index is 1.79. The minimum Gasteiger partial charge on any atom is -0.497 e. The minimum absolute atomic E-state index is 0.214. The second kappa shape index (κ2) is 9.31. The first kappa shape index (κ1) is 18.3. The van der Waals surface area contributed by atoms with Crippen molar-refractivity contribution in [1.29, 1.82) is 0 Å². The molecule has 0 spiro atoms. The van der Waals surface area contributed by atoms with E-state index in [1.807, 2.05) is 19.1 Å². The average Bonchev–Trinajstić information content (AvgIpc) is 2.65. The maximum atomic E-state index is 12.0. The predicted octanol–water partition coefficient (Wildman–Crippen LogP) is 1.97. The first-order valence-electron chi connectivity index (χ1n) is 7.90. The van der Waals surface area contributed by atoms with E-state index in [9.17, 15) is 4.79 Å². The van der Waals surface area contributed by atoms with Gasteiger partial charge in [0, 0.05) is 37.1 Å². The molecule has 0 aliphatic carbocycles. The Hall–Kier alpha value is -3.03. The van der Waals surface area contributed by atoms with Crippen LogP contribution in [0.2, 0.25) is 0 Å². The summed E-state index contributed by atoms with van der Waals surface area (Å²) in [6.07, 6.45) is 4.83. The van der Waals surface area contributed by atoms with Gasteiger partial charge in [-0.25, -0.2) is 9.78 Å². The smallest absolute Gasteiger partial charge is 0.315 e. The highest BCUT2D eigenvalue weighted by molar-refractivity contribution is 5.74. The van der Waals surface area contributed by atoms with Crippen molar-refractivity contribution in [2.24, 2.45) is 0 Å². The molecule has 1 aromatic carbocycles. The Kier molecular flexibility index (Phi) is 6.82. The van der Waals surface area contributed by atoms with Gasteiger partial charge in [-0.2, -0.15) is 0 Å². The molecule has 0 saturated carbocycles. The number of nitrogens with zero attached hydrogens (tertiary/aromatic N) is 2. The molecule has 3 N–H and O–H groups in total. The van der Waals surface area contributed by atoms with Crippen LogP contribution < -0.4 is 25.4 Å². The van der Waals surface area contributed by atoms with Crippen LogP contribution >= 0.6 is 0 Å². The van der Waals surface area contributed by atoms with E-state index in [2.05, 4.69) is 25.9 Å². The molecule has 8 heteroatoms. The number of hydrogen-bond donors (Lipinski definition) is 3. The number of aromatic nitrogens is 2. The molecule has 0 aliphatic heterocycles. The molecule has 0 bridgehead atoms. The van der Waals surface area contributed by atoms with E-state index in [-0.39, 0.29) is 12.1 Å². The van der Waals surface area contributed by atoms with Crippen molar-refractivity contribution in [3.8, 4) is 11.5 Å². The number of carbonyl (C=O) groups excluding carboxylic acids is 1. The quantitative estimate of drug-likeness (QED) is 0.633. The summed E-state index contributed by atoms with van der Waals surface area (Å²) in [5, 5.41) is 8.73. The van der Waals surface area contributed by atoms with Crippen molar-refractivity contribution in [3.63, 3.8) is 0 Å². The van der Waals surface area contributed by atoms with Crippen LogP contribution in [0.1, 0.15) is 18.5 Å². The topological polar surface area (TPSA) is 97.4 Å². The Labute approximate surface area is 147 Å². The van der Waals surface area contributed by atoms with Gasteiger partial charge in [-0.15, -0.1) is 0 Å². The zero-order chi connectivity index (χ0) is 18.1. The van der Waals surface area contributed by atoms with Crippen molar-refractivity contribution >= 4 is 11.8 Å². The molecule has 1 aromatic heterocycles. The largest absolute Gasteiger partial charge is 0.497 e. The number of methoxy groups -OCH3 is 2. The predicted molar refractivity (Wildman–Crippen MR) is 95.0 cm³/mol. The van der Waals surface area contributed by atoms with E-state index in [0.29, 0.717) is 30.4 Å². The number of hydrogen-bond acceptors (Lipinski definition) is 6. The fourth-order valence-electron chi connectivity index (χ4n) is 2.26. The van der Waals surface area contributed by atoms with Gasteiger partial charge in [0.2, 0.25) is 0 Å². The lowest BCUT2D eigenvalue weighted by Gasteiger charge is -2.18. The van der Waals surface area contributed by atoms with Gasteiger partial charge in [-0.05, 0) is 19.1 Å². The highest BCUT2D eigenvalue weighted by Crippen LogP contribution is 2.29.